The summed E-state index contributed by atoms with van der Waals surface area (Å²) in [5, 5.41) is 5.04. The summed E-state index contributed by atoms with van der Waals surface area (Å²) in [7, 11) is 0. The maximum atomic E-state index is 13.4. The summed E-state index contributed by atoms with van der Waals surface area (Å²) in [5.74, 6) is -3.11. The number of carbonyl (C=O) groups is 3. The molecule has 1 heterocycles. The van der Waals surface area contributed by atoms with Crippen LogP contribution in [0.2, 0.25) is 0 Å². The highest BCUT2D eigenvalue weighted by molar-refractivity contribution is 6.09. The molecule has 0 aromatic heterocycles. The van der Waals surface area contributed by atoms with Crippen LogP contribution in [0.5, 0.6) is 0 Å². The molecule has 1 aromatic carbocycles. The molecule has 1 aliphatic heterocycles. The van der Waals surface area contributed by atoms with Gasteiger partial charge in [0.05, 0.1) is 0 Å². The highest BCUT2D eigenvalue weighted by atomic mass is 19.2. The number of halogens is 2. The Morgan fingerprint density at radius 3 is 2.54 bits per heavy atom. The number of hydrogen-bond acceptors (Lipinski definition) is 3. The highest BCUT2D eigenvalue weighted by Crippen LogP contribution is 2.29. The third kappa shape index (κ3) is 3.37. The van der Waals surface area contributed by atoms with Crippen LogP contribution >= 0.6 is 0 Å². The van der Waals surface area contributed by atoms with Crippen LogP contribution in [0.3, 0.4) is 0 Å². The van der Waals surface area contributed by atoms with Crippen molar-refractivity contribution in [2.75, 3.05) is 13.1 Å². The van der Waals surface area contributed by atoms with Gasteiger partial charge < -0.3 is 10.6 Å². The number of rotatable bonds is 5. The molecule has 1 aromatic rings. The first kappa shape index (κ1) is 17.8. The summed E-state index contributed by atoms with van der Waals surface area (Å²) < 4.78 is 26.5. The van der Waals surface area contributed by atoms with Crippen LogP contribution in [0, 0.1) is 17.6 Å². The number of amides is 4. The van der Waals surface area contributed by atoms with Gasteiger partial charge in [-0.2, -0.15) is 0 Å². The van der Waals surface area contributed by atoms with E-state index < -0.39 is 41.6 Å². The minimum atomic E-state index is -1.55. The quantitative estimate of drug-likeness (QED) is 0.798. The zero-order valence-electron chi connectivity index (χ0n) is 13.7. The molecule has 2 N–H and O–H groups in total. The standard InChI is InChI=1S/C16H19F2N3O3/c1-9(2)7-19-13(22)8-21-14(23)16(3,20-15(21)24)10-4-5-11(17)12(18)6-10/h4-6,9H,7-8H2,1-3H3,(H,19,22)(H,20,24)/t16-/m1/s1. The minimum absolute atomic E-state index is 0.102. The zero-order chi connectivity index (χ0) is 18.1. The second-order valence-electron chi connectivity index (χ2n) is 6.27. The number of urea groups is 1. The first-order chi connectivity index (χ1) is 11.1. The normalized spacial score (nSPS) is 20.5. The summed E-state index contributed by atoms with van der Waals surface area (Å²) in [6.45, 7) is 5.19. The van der Waals surface area contributed by atoms with Crippen molar-refractivity contribution in [3.8, 4) is 0 Å². The summed E-state index contributed by atoms with van der Waals surface area (Å²) in [5.41, 5.74) is -1.45. The van der Waals surface area contributed by atoms with E-state index in [0.717, 1.165) is 17.0 Å². The van der Waals surface area contributed by atoms with E-state index in [1.54, 1.807) is 0 Å². The van der Waals surface area contributed by atoms with Crippen molar-refractivity contribution in [2.45, 2.75) is 26.3 Å². The largest absolute Gasteiger partial charge is 0.354 e. The van der Waals surface area contributed by atoms with Gasteiger partial charge in [0, 0.05) is 6.54 Å². The van der Waals surface area contributed by atoms with Gasteiger partial charge in [0.25, 0.3) is 5.91 Å². The van der Waals surface area contributed by atoms with E-state index in [2.05, 4.69) is 10.6 Å². The van der Waals surface area contributed by atoms with E-state index in [4.69, 9.17) is 0 Å². The average molecular weight is 339 g/mol. The predicted molar refractivity (Wildman–Crippen MR) is 81.8 cm³/mol. The molecule has 1 saturated heterocycles. The number of benzene rings is 1. The Morgan fingerprint density at radius 1 is 1.29 bits per heavy atom. The van der Waals surface area contributed by atoms with Gasteiger partial charge in [-0.3, -0.25) is 14.5 Å². The second kappa shape index (κ2) is 6.54. The molecule has 1 aliphatic rings. The van der Waals surface area contributed by atoms with Crippen LogP contribution in [0.1, 0.15) is 26.3 Å². The molecular formula is C16H19F2N3O3. The van der Waals surface area contributed by atoms with Crippen LogP contribution < -0.4 is 10.6 Å². The van der Waals surface area contributed by atoms with Crippen LogP contribution in [0.4, 0.5) is 13.6 Å². The molecule has 0 unspecified atom stereocenters. The predicted octanol–water partition coefficient (Wildman–Crippen LogP) is 1.50. The van der Waals surface area contributed by atoms with E-state index in [-0.39, 0.29) is 11.5 Å². The Morgan fingerprint density at radius 2 is 1.96 bits per heavy atom. The molecule has 0 spiro atoms. The van der Waals surface area contributed by atoms with Gasteiger partial charge in [0.1, 0.15) is 12.1 Å². The Kier molecular flexibility index (Phi) is 4.86. The molecule has 0 bridgehead atoms. The Hall–Kier alpha value is -2.51. The van der Waals surface area contributed by atoms with Crippen molar-refractivity contribution in [2.24, 2.45) is 5.92 Å². The van der Waals surface area contributed by atoms with Gasteiger partial charge >= 0.3 is 6.03 Å². The first-order valence-corrected chi connectivity index (χ1v) is 7.51. The number of carbonyl (C=O) groups excluding carboxylic acids is 3. The molecule has 24 heavy (non-hydrogen) atoms. The lowest BCUT2D eigenvalue weighted by Gasteiger charge is -2.22. The molecule has 130 valence electrons. The molecule has 4 amide bonds. The maximum absolute atomic E-state index is 13.4. The summed E-state index contributed by atoms with van der Waals surface area (Å²) in [4.78, 5) is 37.2. The fourth-order valence-corrected chi connectivity index (χ4v) is 2.36. The van der Waals surface area contributed by atoms with Crippen molar-refractivity contribution >= 4 is 17.8 Å². The van der Waals surface area contributed by atoms with Crippen LogP contribution in [-0.4, -0.2) is 35.8 Å². The van der Waals surface area contributed by atoms with E-state index in [1.165, 1.54) is 13.0 Å². The topological polar surface area (TPSA) is 78.5 Å². The van der Waals surface area contributed by atoms with E-state index in [9.17, 15) is 23.2 Å². The van der Waals surface area contributed by atoms with Crippen molar-refractivity contribution in [1.82, 2.24) is 15.5 Å². The van der Waals surface area contributed by atoms with Gasteiger partial charge in [-0.15, -0.1) is 0 Å². The fraction of sp³-hybridized carbons (Fsp3) is 0.438. The minimum Gasteiger partial charge on any atom is -0.354 e. The maximum Gasteiger partial charge on any atom is 0.325 e. The van der Waals surface area contributed by atoms with E-state index >= 15 is 0 Å². The van der Waals surface area contributed by atoms with Gasteiger partial charge in [0.15, 0.2) is 11.6 Å². The highest BCUT2D eigenvalue weighted by Gasteiger charge is 2.49. The molecule has 1 fully saturated rings. The van der Waals surface area contributed by atoms with E-state index in [1.807, 2.05) is 13.8 Å². The average Bonchev–Trinajstić information content (AvgIpc) is 2.72. The third-order valence-electron chi connectivity index (χ3n) is 3.78. The zero-order valence-corrected chi connectivity index (χ0v) is 13.7. The number of imide groups is 1. The van der Waals surface area contributed by atoms with Crippen molar-refractivity contribution in [3.05, 3.63) is 35.4 Å². The van der Waals surface area contributed by atoms with Crippen molar-refractivity contribution in [3.63, 3.8) is 0 Å². The smallest absolute Gasteiger partial charge is 0.325 e. The second-order valence-corrected chi connectivity index (χ2v) is 6.27. The Bertz CT molecular complexity index is 693. The van der Waals surface area contributed by atoms with Gasteiger partial charge in [0.2, 0.25) is 5.91 Å². The van der Waals surface area contributed by atoms with Crippen molar-refractivity contribution < 1.29 is 23.2 Å². The van der Waals surface area contributed by atoms with Crippen LogP contribution in [0.15, 0.2) is 18.2 Å². The molecular weight excluding hydrogens is 320 g/mol. The lowest BCUT2D eigenvalue weighted by atomic mass is 9.92. The molecule has 0 aliphatic carbocycles. The lowest BCUT2D eigenvalue weighted by molar-refractivity contribution is -0.134. The molecule has 8 heteroatoms. The van der Waals surface area contributed by atoms with Crippen molar-refractivity contribution in [1.29, 1.82) is 0 Å². The van der Waals surface area contributed by atoms with Gasteiger partial charge in [-0.05, 0) is 30.5 Å². The molecule has 0 radical (unpaired) electrons. The lowest BCUT2D eigenvalue weighted by Crippen LogP contribution is -2.43. The Balaban J connectivity index is 2.18. The van der Waals surface area contributed by atoms with Gasteiger partial charge in [-0.25, -0.2) is 13.6 Å². The SMILES string of the molecule is CC(C)CNC(=O)CN1C(=O)N[C@](C)(c2ccc(F)c(F)c2)C1=O. The summed E-state index contributed by atoms with van der Waals surface area (Å²) in [6, 6.07) is 2.20. The molecule has 6 nitrogen and oxygen atoms in total. The van der Waals surface area contributed by atoms with Gasteiger partial charge in [-0.1, -0.05) is 19.9 Å². The molecule has 1 atom stereocenters. The Labute approximate surface area is 138 Å². The first-order valence-electron chi connectivity index (χ1n) is 7.51. The fourth-order valence-electron chi connectivity index (χ4n) is 2.36. The monoisotopic (exact) mass is 339 g/mol. The molecule has 2 rings (SSSR count). The third-order valence-corrected chi connectivity index (χ3v) is 3.78. The van der Waals surface area contributed by atoms with Crippen LogP contribution in [0.25, 0.3) is 0 Å². The summed E-state index contributed by atoms with van der Waals surface area (Å²) in [6.07, 6.45) is 0. The summed E-state index contributed by atoms with van der Waals surface area (Å²) >= 11 is 0. The molecule has 0 saturated carbocycles. The number of hydrogen-bond donors (Lipinski definition) is 2. The van der Waals surface area contributed by atoms with Crippen LogP contribution in [-0.2, 0) is 15.1 Å². The number of nitrogens with zero attached hydrogens (tertiary/aromatic N) is 1. The van der Waals surface area contributed by atoms with E-state index in [0.29, 0.717) is 6.54 Å². The number of nitrogens with one attached hydrogen (secondary N) is 2.